The van der Waals surface area contributed by atoms with Gasteiger partial charge in [0, 0.05) is 17.7 Å². The number of aliphatic carboxylic acids is 1. The summed E-state index contributed by atoms with van der Waals surface area (Å²) in [5, 5.41) is 25.3. The van der Waals surface area contributed by atoms with E-state index in [1.165, 1.54) is 48.1 Å². The fourth-order valence-electron chi connectivity index (χ4n) is 6.69. The molecule has 1 aliphatic carbocycles. The molecule has 300 valence electrons. The molecule has 0 fully saturated rings. The van der Waals surface area contributed by atoms with Crippen LogP contribution in [0.15, 0.2) is 147 Å². The van der Waals surface area contributed by atoms with E-state index in [-0.39, 0.29) is 33.9 Å². The van der Waals surface area contributed by atoms with Crippen LogP contribution in [0, 0.1) is 5.41 Å². The SMILES string of the molecule is CC1=C(/C=C/C(C)=C\C=C\C(C)=C\C(=O)O)C(C)(C)CCC1.O=C(Nc1cccc2c(=O)cc(-c3nn[nH]n3)oc12)c1ccc(OCCCCc2ccccc2)cc1. The topological polar surface area (TPSA) is 160 Å². The van der Waals surface area contributed by atoms with E-state index in [1.807, 2.05) is 30.4 Å². The summed E-state index contributed by atoms with van der Waals surface area (Å²) in [6, 6.07) is 23.6. The van der Waals surface area contributed by atoms with Crippen LogP contribution in [0.2, 0.25) is 0 Å². The highest BCUT2D eigenvalue weighted by molar-refractivity contribution is 6.08. The van der Waals surface area contributed by atoms with Gasteiger partial charge in [-0.25, -0.2) is 4.79 Å². The van der Waals surface area contributed by atoms with Crippen molar-refractivity contribution in [2.24, 2.45) is 5.41 Å². The molecule has 3 aromatic carbocycles. The second-order valence-corrected chi connectivity index (χ2v) is 14.9. The third-order valence-corrected chi connectivity index (χ3v) is 9.78. The Morgan fingerprint density at radius 1 is 0.983 bits per heavy atom. The number of benzene rings is 3. The van der Waals surface area contributed by atoms with Crippen molar-refractivity contribution >= 4 is 28.5 Å². The monoisotopic (exact) mass is 781 g/mol. The number of carbonyl (C=O) groups excluding carboxylic acids is 1. The highest BCUT2D eigenvalue weighted by atomic mass is 16.5. The number of aryl methyl sites for hydroxylation is 1. The smallest absolute Gasteiger partial charge is 0.328 e. The quantitative estimate of drug-likeness (QED) is 0.0566. The van der Waals surface area contributed by atoms with Gasteiger partial charge in [0.05, 0.1) is 17.7 Å². The number of aromatic amines is 1. The normalized spacial score (nSPS) is 14.4. The van der Waals surface area contributed by atoms with Gasteiger partial charge in [-0.05, 0) is 123 Å². The van der Waals surface area contributed by atoms with Crippen LogP contribution >= 0.6 is 0 Å². The molecule has 1 amide bonds. The molecule has 6 rings (SSSR count). The van der Waals surface area contributed by atoms with Crippen LogP contribution in [0.1, 0.15) is 82.6 Å². The summed E-state index contributed by atoms with van der Waals surface area (Å²) >= 11 is 0. The van der Waals surface area contributed by atoms with Gasteiger partial charge in [-0.15, -0.1) is 10.2 Å². The number of carboxylic acid groups (broad SMARTS) is 1. The fourth-order valence-corrected chi connectivity index (χ4v) is 6.69. The number of hydrogen-bond acceptors (Lipinski definition) is 8. The lowest BCUT2D eigenvalue weighted by atomic mass is 9.72. The lowest BCUT2D eigenvalue weighted by Gasteiger charge is -2.32. The van der Waals surface area contributed by atoms with Crippen LogP contribution in [0.5, 0.6) is 5.75 Å². The van der Waals surface area contributed by atoms with E-state index < -0.39 is 5.97 Å². The Bertz CT molecular complexity index is 2390. The number of fused-ring (bicyclic) bond motifs is 1. The molecule has 1 aliphatic rings. The average Bonchev–Trinajstić information content (AvgIpc) is 3.74. The number of anilines is 1. The number of tetrazole rings is 1. The number of nitrogens with one attached hydrogen (secondary N) is 2. The molecule has 0 radical (unpaired) electrons. The third kappa shape index (κ3) is 12.4. The van der Waals surface area contributed by atoms with Crippen LogP contribution in [-0.4, -0.2) is 44.2 Å². The molecule has 0 saturated carbocycles. The number of allylic oxidation sites excluding steroid dienone is 9. The maximum atomic E-state index is 12.9. The van der Waals surface area contributed by atoms with Gasteiger partial charge >= 0.3 is 5.97 Å². The zero-order chi connectivity index (χ0) is 41.5. The summed E-state index contributed by atoms with van der Waals surface area (Å²) in [7, 11) is 0. The van der Waals surface area contributed by atoms with Gasteiger partial charge in [0.2, 0.25) is 5.82 Å². The molecule has 11 heteroatoms. The number of carbonyl (C=O) groups is 2. The fraction of sp³-hybridized carbons (Fsp3) is 0.277. The zero-order valence-electron chi connectivity index (χ0n) is 33.7. The zero-order valence-corrected chi connectivity index (χ0v) is 33.7. The first kappa shape index (κ1) is 42.5. The molecule has 0 saturated heterocycles. The van der Waals surface area contributed by atoms with E-state index in [4.69, 9.17) is 14.3 Å². The molecule has 0 bridgehead atoms. The summed E-state index contributed by atoms with van der Waals surface area (Å²) < 4.78 is 11.7. The third-order valence-electron chi connectivity index (χ3n) is 9.78. The average molecular weight is 782 g/mol. The van der Waals surface area contributed by atoms with E-state index in [9.17, 15) is 14.4 Å². The molecule has 0 aliphatic heterocycles. The Hall–Kier alpha value is -6.62. The van der Waals surface area contributed by atoms with Gasteiger partial charge in [0.25, 0.3) is 5.91 Å². The van der Waals surface area contributed by atoms with Crippen LogP contribution in [-0.2, 0) is 11.2 Å². The van der Waals surface area contributed by atoms with E-state index >= 15 is 0 Å². The highest BCUT2D eigenvalue weighted by Crippen LogP contribution is 2.40. The first-order valence-corrected chi connectivity index (χ1v) is 19.4. The minimum Gasteiger partial charge on any atom is -0.494 e. The van der Waals surface area contributed by atoms with Gasteiger partial charge in [0.1, 0.15) is 5.75 Å². The number of aromatic nitrogens is 4. The van der Waals surface area contributed by atoms with Gasteiger partial charge < -0.3 is 19.6 Å². The van der Waals surface area contributed by atoms with E-state index in [0.717, 1.165) is 30.4 Å². The number of hydrogen-bond donors (Lipinski definition) is 3. The van der Waals surface area contributed by atoms with E-state index in [2.05, 4.69) is 77.9 Å². The summed E-state index contributed by atoms with van der Waals surface area (Å²) in [6.07, 6.45) is 18.0. The largest absolute Gasteiger partial charge is 0.494 e. The number of unbranched alkanes of at least 4 members (excludes halogenated alkanes) is 1. The number of amides is 1. The molecule has 3 N–H and O–H groups in total. The molecule has 0 spiro atoms. The van der Waals surface area contributed by atoms with Gasteiger partial charge in [0.15, 0.2) is 16.8 Å². The van der Waals surface area contributed by atoms with Crippen LogP contribution in [0.3, 0.4) is 0 Å². The summed E-state index contributed by atoms with van der Waals surface area (Å²) in [5.74, 6) is -0.264. The Labute approximate surface area is 338 Å². The maximum absolute atomic E-state index is 12.9. The number of ether oxygens (including phenoxy) is 1. The molecule has 11 nitrogen and oxygen atoms in total. The van der Waals surface area contributed by atoms with E-state index in [1.54, 1.807) is 55.5 Å². The number of rotatable bonds is 14. The van der Waals surface area contributed by atoms with Crippen LogP contribution in [0.4, 0.5) is 5.69 Å². The maximum Gasteiger partial charge on any atom is 0.328 e. The van der Waals surface area contributed by atoms with Gasteiger partial charge in [-0.3, -0.25) is 9.59 Å². The molecule has 0 atom stereocenters. The van der Waals surface area contributed by atoms with Crippen molar-refractivity contribution in [3.05, 3.63) is 159 Å². The molecule has 2 aromatic heterocycles. The minimum absolute atomic E-state index is 0.144. The van der Waals surface area contributed by atoms with Crippen LogP contribution in [0.25, 0.3) is 22.6 Å². The van der Waals surface area contributed by atoms with Crippen molar-refractivity contribution in [1.29, 1.82) is 0 Å². The Morgan fingerprint density at radius 3 is 2.47 bits per heavy atom. The van der Waals surface area contributed by atoms with Crippen molar-refractivity contribution in [3.63, 3.8) is 0 Å². The number of nitrogens with zero attached hydrogens (tertiary/aromatic N) is 3. The standard InChI is InChI=1S/C27H23N5O4.C20H28O2/c33-23-17-24(26-29-31-32-30-26)36-25-21(23)10-6-11-22(25)28-27(34)19-12-14-20(15-13-19)35-16-5-4-9-18-7-2-1-3-8-18;1-15(8-6-9-16(2)14-19(21)22)11-12-18-17(3)10-7-13-20(18,4)5/h1-3,6-8,10-15,17H,4-5,9,16H2,(H,28,34)(H,29,30,31,32);6,8-9,11-12,14H,7,10,13H2,1-5H3,(H,21,22)/b;9-6+,12-11+,15-8-,16-14+. The number of carboxylic acids is 1. The summed E-state index contributed by atoms with van der Waals surface area (Å²) in [5.41, 5.74) is 7.17. The molecular formula is C47H51N5O6. The summed E-state index contributed by atoms with van der Waals surface area (Å²) in [4.78, 5) is 36.0. The van der Waals surface area contributed by atoms with E-state index in [0.29, 0.717) is 29.0 Å². The van der Waals surface area contributed by atoms with Crippen molar-refractivity contribution in [1.82, 2.24) is 20.6 Å². The van der Waals surface area contributed by atoms with Gasteiger partial charge in [-0.2, -0.15) is 5.21 Å². The molecule has 2 heterocycles. The lowest BCUT2D eigenvalue weighted by Crippen LogP contribution is -2.19. The van der Waals surface area contributed by atoms with Crippen molar-refractivity contribution < 1.29 is 23.8 Å². The molecular weight excluding hydrogens is 731 g/mol. The molecule has 58 heavy (non-hydrogen) atoms. The minimum atomic E-state index is -0.912. The highest BCUT2D eigenvalue weighted by Gasteiger charge is 2.26. The molecule has 0 unspecified atom stereocenters. The van der Waals surface area contributed by atoms with Crippen molar-refractivity contribution in [2.75, 3.05) is 11.9 Å². The molecule has 5 aromatic rings. The predicted molar refractivity (Wildman–Crippen MR) is 229 cm³/mol. The number of H-pyrrole nitrogens is 1. The van der Waals surface area contributed by atoms with Crippen LogP contribution < -0.4 is 15.5 Å². The number of para-hydroxylation sites is 1. The predicted octanol–water partition coefficient (Wildman–Crippen LogP) is 10.2. The first-order chi connectivity index (χ1) is 27.9. The second-order valence-electron chi connectivity index (χ2n) is 14.9. The lowest BCUT2D eigenvalue weighted by molar-refractivity contribution is -0.131. The first-order valence-electron chi connectivity index (χ1n) is 19.4. The Kier molecular flexibility index (Phi) is 15.0. The van der Waals surface area contributed by atoms with Crippen molar-refractivity contribution in [2.45, 2.75) is 73.1 Å². The summed E-state index contributed by atoms with van der Waals surface area (Å²) in [6.45, 7) is 11.3. The van der Waals surface area contributed by atoms with Gasteiger partial charge in [-0.1, -0.05) is 91.8 Å². The van der Waals surface area contributed by atoms with Crippen molar-refractivity contribution in [3.8, 4) is 17.3 Å². The second kappa shape index (κ2) is 20.5. The Morgan fingerprint density at radius 2 is 1.76 bits per heavy atom. The Balaban J connectivity index is 0.000000251.